The molecule has 0 atom stereocenters. The lowest BCUT2D eigenvalue weighted by Crippen LogP contribution is -2.14. The van der Waals surface area contributed by atoms with Crippen molar-refractivity contribution in [3.8, 4) is 11.4 Å². The topological polar surface area (TPSA) is 75.9 Å². The average Bonchev–Trinajstić information content (AvgIpc) is 3.08. The molecule has 1 aromatic carbocycles. The number of hydrogen-bond acceptors (Lipinski definition) is 5. The van der Waals surface area contributed by atoms with Crippen molar-refractivity contribution in [2.75, 3.05) is 24.3 Å². The lowest BCUT2D eigenvalue weighted by Gasteiger charge is -2.15. The number of benzene rings is 1. The molecule has 0 radical (unpaired) electrons. The third-order valence-corrected chi connectivity index (χ3v) is 4.13. The van der Waals surface area contributed by atoms with Gasteiger partial charge in [-0.3, -0.25) is 9.48 Å². The minimum absolute atomic E-state index is 0.189. The summed E-state index contributed by atoms with van der Waals surface area (Å²) in [5.74, 6) is 0.152. The van der Waals surface area contributed by atoms with E-state index in [1.807, 2.05) is 32.8 Å². The molecule has 0 fully saturated rings. The molecule has 146 valence electrons. The molecule has 0 saturated heterocycles. The quantitative estimate of drug-likeness (QED) is 0.706. The molecule has 0 unspecified atom stereocenters. The first kappa shape index (κ1) is 19.5. The van der Waals surface area contributed by atoms with Crippen LogP contribution in [0.4, 0.5) is 15.9 Å². The number of carbonyl (C=O) groups is 1. The number of aromatic nitrogens is 4. The van der Waals surface area contributed by atoms with E-state index in [2.05, 4.69) is 20.4 Å². The van der Waals surface area contributed by atoms with Gasteiger partial charge in [0.05, 0.1) is 11.9 Å². The molecule has 3 aromatic rings. The van der Waals surface area contributed by atoms with Gasteiger partial charge in [0.2, 0.25) is 0 Å². The highest BCUT2D eigenvalue weighted by atomic mass is 19.1. The molecule has 2 aromatic heterocycles. The van der Waals surface area contributed by atoms with Crippen molar-refractivity contribution in [1.82, 2.24) is 19.7 Å². The Balaban J connectivity index is 1.88. The summed E-state index contributed by atoms with van der Waals surface area (Å²) in [4.78, 5) is 23.2. The Morgan fingerprint density at radius 3 is 2.75 bits per heavy atom. The maximum Gasteiger partial charge on any atom is 0.255 e. The van der Waals surface area contributed by atoms with Crippen LogP contribution in [0.25, 0.3) is 11.4 Å². The second kappa shape index (κ2) is 8.16. The van der Waals surface area contributed by atoms with Gasteiger partial charge < -0.3 is 10.2 Å². The van der Waals surface area contributed by atoms with Crippen molar-refractivity contribution in [2.24, 2.45) is 0 Å². The molecular formula is C20H23FN6O. The minimum atomic E-state index is -0.528. The number of aryl methyl sites for hydroxylation is 2. The second-order valence-corrected chi connectivity index (χ2v) is 6.77. The fraction of sp³-hybridized carbons (Fsp3) is 0.300. The molecule has 1 amide bonds. The van der Waals surface area contributed by atoms with E-state index in [0.29, 0.717) is 17.1 Å². The molecule has 8 heteroatoms. The fourth-order valence-electron chi connectivity index (χ4n) is 2.86. The predicted molar refractivity (Wildman–Crippen MR) is 107 cm³/mol. The zero-order valence-corrected chi connectivity index (χ0v) is 16.4. The molecule has 1 N–H and O–H groups in total. The van der Waals surface area contributed by atoms with Crippen molar-refractivity contribution in [2.45, 2.75) is 26.8 Å². The maximum atomic E-state index is 14.2. The van der Waals surface area contributed by atoms with Crippen molar-refractivity contribution < 1.29 is 9.18 Å². The van der Waals surface area contributed by atoms with Crippen LogP contribution >= 0.6 is 0 Å². The standard InChI is InChI=1S/C20H23FN6O/c1-5-6-27-12-17(11-23-27)24-20(28)15-7-14(8-16(21)9-15)18-22-10-13(2)19(25-18)26(3)4/h7-12H,5-6H2,1-4H3,(H,24,28). The van der Waals surface area contributed by atoms with Crippen LogP contribution in [0.2, 0.25) is 0 Å². The molecule has 2 heterocycles. The van der Waals surface area contributed by atoms with E-state index >= 15 is 0 Å². The minimum Gasteiger partial charge on any atom is -0.362 e. The van der Waals surface area contributed by atoms with E-state index in [-0.39, 0.29) is 5.56 Å². The Bertz CT molecular complexity index is 998. The molecule has 0 aliphatic carbocycles. The van der Waals surface area contributed by atoms with Crippen molar-refractivity contribution in [3.63, 3.8) is 0 Å². The van der Waals surface area contributed by atoms with Crippen LogP contribution < -0.4 is 10.2 Å². The van der Waals surface area contributed by atoms with E-state index in [9.17, 15) is 9.18 Å². The zero-order chi connectivity index (χ0) is 20.3. The van der Waals surface area contributed by atoms with Gasteiger partial charge in [0.15, 0.2) is 5.82 Å². The third-order valence-electron chi connectivity index (χ3n) is 4.13. The first-order chi connectivity index (χ1) is 13.4. The molecule has 7 nitrogen and oxygen atoms in total. The fourth-order valence-corrected chi connectivity index (χ4v) is 2.86. The number of nitrogens with zero attached hydrogens (tertiary/aromatic N) is 5. The summed E-state index contributed by atoms with van der Waals surface area (Å²) < 4.78 is 15.9. The second-order valence-electron chi connectivity index (χ2n) is 6.77. The smallest absolute Gasteiger partial charge is 0.255 e. The Morgan fingerprint density at radius 1 is 1.25 bits per heavy atom. The number of halogens is 1. The number of anilines is 2. The monoisotopic (exact) mass is 382 g/mol. The Kier molecular flexibility index (Phi) is 5.67. The van der Waals surface area contributed by atoms with Gasteiger partial charge in [-0.25, -0.2) is 14.4 Å². The third kappa shape index (κ3) is 4.33. The first-order valence-corrected chi connectivity index (χ1v) is 9.03. The van der Waals surface area contributed by atoms with Crippen LogP contribution in [-0.4, -0.2) is 39.8 Å². The van der Waals surface area contributed by atoms with E-state index in [4.69, 9.17) is 0 Å². The maximum absolute atomic E-state index is 14.2. The van der Waals surface area contributed by atoms with E-state index in [1.54, 1.807) is 29.3 Å². The van der Waals surface area contributed by atoms with Crippen LogP contribution in [0.5, 0.6) is 0 Å². The molecule has 0 aliphatic heterocycles. The van der Waals surface area contributed by atoms with Crippen LogP contribution in [0.1, 0.15) is 29.3 Å². The number of carbonyl (C=O) groups excluding carboxylic acids is 1. The zero-order valence-electron chi connectivity index (χ0n) is 16.4. The Morgan fingerprint density at radius 2 is 2.04 bits per heavy atom. The molecule has 0 spiro atoms. The van der Waals surface area contributed by atoms with Gasteiger partial charge in [0.1, 0.15) is 11.6 Å². The normalized spacial score (nSPS) is 10.8. The van der Waals surface area contributed by atoms with Crippen LogP contribution in [0, 0.1) is 12.7 Å². The van der Waals surface area contributed by atoms with E-state index < -0.39 is 11.7 Å². The molecular weight excluding hydrogens is 359 g/mol. The molecule has 3 rings (SSSR count). The number of amides is 1. The number of nitrogens with one attached hydrogen (secondary N) is 1. The first-order valence-electron chi connectivity index (χ1n) is 9.03. The van der Waals surface area contributed by atoms with Crippen LogP contribution in [0.3, 0.4) is 0 Å². The van der Waals surface area contributed by atoms with Gasteiger partial charge in [-0.05, 0) is 31.5 Å². The van der Waals surface area contributed by atoms with Gasteiger partial charge in [-0.1, -0.05) is 6.92 Å². The van der Waals surface area contributed by atoms with Gasteiger partial charge >= 0.3 is 0 Å². The largest absolute Gasteiger partial charge is 0.362 e. The van der Waals surface area contributed by atoms with Gasteiger partial charge in [-0.2, -0.15) is 5.10 Å². The van der Waals surface area contributed by atoms with Crippen LogP contribution in [0.15, 0.2) is 36.8 Å². The summed E-state index contributed by atoms with van der Waals surface area (Å²) >= 11 is 0. The Labute approximate surface area is 163 Å². The lowest BCUT2D eigenvalue weighted by molar-refractivity contribution is 0.102. The summed E-state index contributed by atoms with van der Waals surface area (Å²) in [6.07, 6.45) is 5.94. The highest BCUT2D eigenvalue weighted by molar-refractivity contribution is 6.04. The molecule has 0 bridgehead atoms. The summed E-state index contributed by atoms with van der Waals surface area (Å²) in [6, 6.07) is 4.09. The highest BCUT2D eigenvalue weighted by Crippen LogP contribution is 2.23. The lowest BCUT2D eigenvalue weighted by atomic mass is 10.1. The Hall–Kier alpha value is -3.29. The summed E-state index contributed by atoms with van der Waals surface area (Å²) in [5, 5.41) is 6.92. The summed E-state index contributed by atoms with van der Waals surface area (Å²) in [7, 11) is 3.75. The summed E-state index contributed by atoms with van der Waals surface area (Å²) in [6.45, 7) is 4.71. The number of rotatable bonds is 6. The van der Waals surface area contributed by atoms with E-state index in [0.717, 1.165) is 24.3 Å². The average molecular weight is 382 g/mol. The van der Waals surface area contributed by atoms with Gasteiger partial charge in [0, 0.05) is 49.7 Å². The van der Waals surface area contributed by atoms with Crippen molar-refractivity contribution in [1.29, 1.82) is 0 Å². The molecule has 0 saturated carbocycles. The predicted octanol–water partition coefficient (Wildman–Crippen LogP) is 3.52. The highest BCUT2D eigenvalue weighted by Gasteiger charge is 2.14. The number of hydrogen-bond donors (Lipinski definition) is 1. The van der Waals surface area contributed by atoms with Gasteiger partial charge in [-0.15, -0.1) is 0 Å². The van der Waals surface area contributed by atoms with Gasteiger partial charge in [0.25, 0.3) is 5.91 Å². The SMILES string of the molecule is CCCn1cc(NC(=O)c2cc(F)cc(-c3ncc(C)c(N(C)C)n3)c2)cn1. The van der Waals surface area contributed by atoms with Crippen LogP contribution in [-0.2, 0) is 6.54 Å². The molecule has 0 aliphatic rings. The molecule has 28 heavy (non-hydrogen) atoms. The summed E-state index contributed by atoms with van der Waals surface area (Å²) in [5.41, 5.74) is 2.10. The van der Waals surface area contributed by atoms with Crippen molar-refractivity contribution >= 4 is 17.4 Å². The van der Waals surface area contributed by atoms with E-state index in [1.165, 1.54) is 12.1 Å². The van der Waals surface area contributed by atoms with Crippen molar-refractivity contribution in [3.05, 3.63) is 53.7 Å².